The Morgan fingerprint density at radius 3 is 1.35 bits per heavy atom. The molecule has 290 valence electrons. The van der Waals surface area contributed by atoms with Gasteiger partial charge in [0.15, 0.2) is 0 Å². The predicted molar refractivity (Wildman–Crippen MR) is 239 cm³/mol. The fourth-order valence-electron chi connectivity index (χ4n) is 10.2. The average molecular weight is 734 g/mol. The maximum Gasteiger partial charge on any atom is 0.256 e. The number of benzene rings is 4. The number of fused-ring (bicyclic) bond motifs is 6. The van der Waals surface area contributed by atoms with Gasteiger partial charge >= 0.3 is 0 Å². The summed E-state index contributed by atoms with van der Waals surface area (Å²) in [5, 5.41) is 0. The summed E-state index contributed by atoms with van der Waals surface area (Å²) in [5.41, 5.74) is 18.2. The minimum atomic E-state index is -0.0653. The van der Waals surface area contributed by atoms with E-state index in [1.165, 1.54) is 98.1 Å². The quantitative estimate of drug-likeness (QED) is 0.156. The molecule has 4 aromatic rings. The molecule has 0 aromatic heterocycles. The second kappa shape index (κ2) is 11.6. The van der Waals surface area contributed by atoms with Gasteiger partial charge in [-0.2, -0.15) is 0 Å². The Morgan fingerprint density at radius 2 is 0.873 bits per heavy atom. The topological polar surface area (TPSA) is 12.5 Å². The van der Waals surface area contributed by atoms with Crippen molar-refractivity contribution in [3.05, 3.63) is 93.5 Å². The third-order valence-electron chi connectivity index (χ3n) is 14.5. The van der Waals surface area contributed by atoms with Gasteiger partial charge in [-0.1, -0.05) is 136 Å². The highest BCUT2D eigenvalue weighted by Crippen LogP contribution is 2.52. The molecule has 2 aliphatic heterocycles. The van der Waals surface area contributed by atoms with Gasteiger partial charge in [-0.3, -0.25) is 0 Å². The monoisotopic (exact) mass is 734 g/mol. The van der Waals surface area contributed by atoms with Crippen LogP contribution in [0.4, 0.5) is 17.1 Å². The minimum Gasteiger partial charge on any atom is -0.458 e. The van der Waals surface area contributed by atoms with Crippen LogP contribution in [0.2, 0.25) is 0 Å². The van der Waals surface area contributed by atoms with Crippen LogP contribution >= 0.6 is 0 Å². The van der Waals surface area contributed by atoms with Crippen molar-refractivity contribution in [2.45, 2.75) is 181 Å². The van der Waals surface area contributed by atoms with Crippen LogP contribution in [-0.4, -0.2) is 6.71 Å². The zero-order valence-corrected chi connectivity index (χ0v) is 37.5. The van der Waals surface area contributed by atoms with Crippen LogP contribution in [0.1, 0.15) is 182 Å². The molecule has 3 heteroatoms. The third-order valence-corrected chi connectivity index (χ3v) is 14.5. The molecule has 55 heavy (non-hydrogen) atoms. The van der Waals surface area contributed by atoms with E-state index in [1.54, 1.807) is 0 Å². The molecule has 0 amide bonds. The van der Waals surface area contributed by atoms with Gasteiger partial charge in [0, 0.05) is 17.1 Å². The van der Waals surface area contributed by atoms with Gasteiger partial charge in [-0.25, -0.2) is 0 Å². The van der Waals surface area contributed by atoms with Crippen molar-refractivity contribution in [1.29, 1.82) is 0 Å². The van der Waals surface area contributed by atoms with Crippen molar-refractivity contribution in [2.75, 3.05) is 4.90 Å². The number of hydrogen-bond donors (Lipinski definition) is 0. The molecule has 0 N–H and O–H groups in total. The van der Waals surface area contributed by atoms with Crippen LogP contribution in [0.3, 0.4) is 0 Å². The van der Waals surface area contributed by atoms with Crippen LogP contribution in [0.5, 0.6) is 11.5 Å². The lowest BCUT2D eigenvalue weighted by Gasteiger charge is -2.47. The van der Waals surface area contributed by atoms with E-state index in [0.717, 1.165) is 11.5 Å². The van der Waals surface area contributed by atoms with E-state index in [4.69, 9.17) is 4.74 Å². The van der Waals surface area contributed by atoms with E-state index >= 15 is 0 Å². The Kier molecular flexibility index (Phi) is 8.08. The van der Waals surface area contributed by atoms with Gasteiger partial charge in [0.25, 0.3) is 6.71 Å². The first kappa shape index (κ1) is 38.4. The summed E-state index contributed by atoms with van der Waals surface area (Å²) in [6.45, 7) is 40.9. The largest absolute Gasteiger partial charge is 0.458 e. The van der Waals surface area contributed by atoms with E-state index in [-0.39, 0.29) is 44.6 Å². The van der Waals surface area contributed by atoms with E-state index in [1.807, 2.05) is 0 Å². The molecule has 8 rings (SSSR count). The van der Waals surface area contributed by atoms with Crippen LogP contribution < -0.4 is 26.0 Å². The lowest BCUT2D eigenvalue weighted by molar-refractivity contribution is 0.330. The highest BCUT2D eigenvalue weighted by molar-refractivity contribution is 6.99. The summed E-state index contributed by atoms with van der Waals surface area (Å²) in [4.78, 5) is 2.65. The summed E-state index contributed by atoms with van der Waals surface area (Å²) in [5.74, 6) is 2.06. The second-order valence-electron chi connectivity index (χ2n) is 23.7. The molecule has 0 saturated heterocycles. The number of hydrogen-bond acceptors (Lipinski definition) is 2. The molecule has 0 unspecified atom stereocenters. The van der Waals surface area contributed by atoms with Gasteiger partial charge in [-0.15, -0.1) is 0 Å². The van der Waals surface area contributed by atoms with Crippen LogP contribution in [-0.2, 0) is 37.9 Å². The molecule has 4 aromatic carbocycles. The predicted octanol–water partition coefficient (Wildman–Crippen LogP) is 12.7. The Bertz CT molecular complexity index is 2230. The van der Waals surface area contributed by atoms with Crippen molar-refractivity contribution in [3.8, 4) is 11.5 Å². The molecule has 0 fully saturated rings. The number of anilines is 3. The molecule has 0 saturated carbocycles. The summed E-state index contributed by atoms with van der Waals surface area (Å²) in [7, 11) is 0. The zero-order valence-electron chi connectivity index (χ0n) is 37.5. The standard InChI is InChI=1S/C52H68BNO/c1-46(2,3)31-22-32(47(4,5)6)24-34(23-31)54-41-29-37-35(49(10,11)18-20-51(37,14)15)27-39(41)53-40-28-36-38(52(16,17)21-19-50(36,12)13)30-43(40)55-44-26-33(48(7,8)9)25-42(54)45(44)53/h22-30H,18-21H2,1-17H3. The lowest BCUT2D eigenvalue weighted by atomic mass is 9.33. The van der Waals surface area contributed by atoms with Crippen molar-refractivity contribution < 1.29 is 4.74 Å². The van der Waals surface area contributed by atoms with Gasteiger partial charge < -0.3 is 9.64 Å². The Balaban J connectivity index is 1.53. The molecule has 0 atom stereocenters. The molecule has 0 spiro atoms. The number of rotatable bonds is 1. The van der Waals surface area contributed by atoms with E-state index < -0.39 is 0 Å². The van der Waals surface area contributed by atoms with Gasteiger partial charge in [0.05, 0.1) is 0 Å². The first-order valence-corrected chi connectivity index (χ1v) is 21.3. The molecule has 2 heterocycles. The Hall–Kier alpha value is -3.46. The molecular weight excluding hydrogens is 665 g/mol. The lowest BCUT2D eigenvalue weighted by Crippen LogP contribution is -2.60. The minimum absolute atomic E-state index is 0.00651. The van der Waals surface area contributed by atoms with Gasteiger partial charge in [0.1, 0.15) is 11.5 Å². The van der Waals surface area contributed by atoms with Crippen molar-refractivity contribution in [1.82, 2.24) is 0 Å². The smallest absolute Gasteiger partial charge is 0.256 e. The van der Waals surface area contributed by atoms with Crippen molar-refractivity contribution in [3.63, 3.8) is 0 Å². The molecular formula is C52H68BNO. The number of ether oxygens (including phenoxy) is 1. The highest BCUT2D eigenvalue weighted by atomic mass is 16.5. The normalized spacial score (nSPS) is 20.1. The number of nitrogens with zero attached hydrogens (tertiary/aromatic N) is 1. The van der Waals surface area contributed by atoms with Crippen LogP contribution in [0, 0.1) is 0 Å². The summed E-state index contributed by atoms with van der Waals surface area (Å²) >= 11 is 0. The Labute approximate surface area is 334 Å². The first-order chi connectivity index (χ1) is 25.1. The SMILES string of the molecule is CC(C)(C)c1cc(N2c3cc4c(cc3B3c5cc6c(cc5Oc5cc(C(C)(C)C)cc2c53)C(C)(C)CCC6(C)C)C(C)(C)CCC4(C)C)cc(C(C)(C)C)c1. The maximum absolute atomic E-state index is 7.30. The zero-order chi connectivity index (χ0) is 40.2. The molecule has 0 bridgehead atoms. The fourth-order valence-corrected chi connectivity index (χ4v) is 10.2. The van der Waals surface area contributed by atoms with Crippen LogP contribution in [0.25, 0.3) is 0 Å². The van der Waals surface area contributed by atoms with Gasteiger partial charge in [0.2, 0.25) is 0 Å². The van der Waals surface area contributed by atoms with Crippen LogP contribution in [0.15, 0.2) is 54.6 Å². The average Bonchev–Trinajstić information content (AvgIpc) is 3.06. The molecule has 4 aliphatic rings. The van der Waals surface area contributed by atoms with E-state index in [2.05, 4.69) is 177 Å². The van der Waals surface area contributed by atoms with Gasteiger partial charge in [-0.05, 0) is 155 Å². The Morgan fingerprint density at radius 1 is 0.455 bits per heavy atom. The first-order valence-electron chi connectivity index (χ1n) is 21.3. The van der Waals surface area contributed by atoms with Crippen molar-refractivity contribution in [2.24, 2.45) is 0 Å². The van der Waals surface area contributed by atoms with Crippen molar-refractivity contribution >= 4 is 40.2 Å². The van der Waals surface area contributed by atoms with E-state index in [0.29, 0.717) is 0 Å². The third kappa shape index (κ3) is 6.03. The maximum atomic E-state index is 7.30. The molecule has 0 radical (unpaired) electrons. The summed E-state index contributed by atoms with van der Waals surface area (Å²) < 4.78 is 7.30. The fraction of sp³-hybridized carbons (Fsp3) is 0.538. The molecule has 2 nitrogen and oxygen atoms in total. The second-order valence-corrected chi connectivity index (χ2v) is 23.7. The summed E-state index contributed by atoms with van der Waals surface area (Å²) in [6, 6.07) is 22.7. The highest BCUT2D eigenvalue weighted by Gasteiger charge is 2.48. The summed E-state index contributed by atoms with van der Waals surface area (Å²) in [6.07, 6.45) is 4.75. The van der Waals surface area contributed by atoms with E-state index in [9.17, 15) is 0 Å². The molecule has 2 aliphatic carbocycles.